The molecule has 0 saturated carbocycles. The molecule has 0 aliphatic heterocycles. The summed E-state index contributed by atoms with van der Waals surface area (Å²) in [4.78, 5) is 31.9. The molecule has 1 aromatic heterocycles. The van der Waals surface area contributed by atoms with Crippen LogP contribution in [0, 0.1) is 5.41 Å². The third-order valence-corrected chi connectivity index (χ3v) is 2.70. The van der Waals surface area contributed by atoms with Crippen molar-refractivity contribution in [2.75, 3.05) is 12.4 Å². The molecular weight excluding hydrogens is 286 g/mol. The number of carbonyl (C=O) groups is 2. The van der Waals surface area contributed by atoms with Gasteiger partial charge in [0, 0.05) is 10.8 Å². The zero-order valence-corrected chi connectivity index (χ0v) is 14.1. The van der Waals surface area contributed by atoms with Crippen molar-refractivity contribution in [1.82, 2.24) is 9.97 Å². The monoisotopic (exact) mass is 309 g/mol. The second kappa shape index (κ2) is 6.29. The van der Waals surface area contributed by atoms with Gasteiger partial charge in [-0.2, -0.15) is 0 Å². The molecule has 1 N–H and O–H groups in total. The van der Waals surface area contributed by atoms with Crippen LogP contribution in [0.5, 0.6) is 5.75 Å². The molecule has 0 spiro atoms. The minimum absolute atomic E-state index is 0.0393. The van der Waals surface area contributed by atoms with Crippen LogP contribution in [-0.2, 0) is 14.9 Å². The highest BCUT2D eigenvalue weighted by Gasteiger charge is 2.26. The first-order valence-corrected chi connectivity index (χ1v) is 6.90. The van der Waals surface area contributed by atoms with Crippen molar-refractivity contribution in [2.24, 2.45) is 5.41 Å². The maximum absolute atomic E-state index is 12.2. The number of methoxy groups -OCH3 is 1. The van der Waals surface area contributed by atoms with Crippen molar-refractivity contribution in [3.63, 3.8) is 0 Å². The van der Waals surface area contributed by atoms with Crippen LogP contribution in [0.1, 0.15) is 47.4 Å². The lowest BCUT2D eigenvalue weighted by Crippen LogP contribution is -2.29. The van der Waals surface area contributed by atoms with Crippen LogP contribution in [0.3, 0.4) is 0 Å². The summed E-state index contributed by atoms with van der Waals surface area (Å²) in [5, 5.41) is 2.67. The molecule has 0 radical (unpaired) electrons. The zero-order chi connectivity index (χ0) is 17.1. The summed E-state index contributed by atoms with van der Waals surface area (Å²) < 4.78 is 9.42. The Morgan fingerprint density at radius 2 is 1.73 bits per heavy atom. The number of amides is 1. The van der Waals surface area contributed by atoms with Gasteiger partial charge < -0.3 is 14.8 Å². The SMILES string of the molecule is COC(=O)Oc1cnc(C(C)(C)C)nc1NC(=O)C(C)(C)C. The molecule has 0 atom stereocenters. The normalized spacial score (nSPS) is 11.8. The number of hydrogen-bond donors (Lipinski definition) is 1. The molecule has 0 saturated heterocycles. The minimum atomic E-state index is -0.904. The molecule has 0 aliphatic carbocycles. The smallest absolute Gasteiger partial charge is 0.437 e. The number of aromatic nitrogens is 2. The number of nitrogens with zero attached hydrogens (tertiary/aromatic N) is 2. The quantitative estimate of drug-likeness (QED) is 0.845. The van der Waals surface area contributed by atoms with Gasteiger partial charge in [-0.25, -0.2) is 14.8 Å². The van der Waals surface area contributed by atoms with E-state index in [2.05, 4.69) is 20.0 Å². The predicted octanol–water partition coefficient (Wildman–Crippen LogP) is 2.90. The van der Waals surface area contributed by atoms with Crippen molar-refractivity contribution in [3.8, 4) is 5.75 Å². The molecular formula is C15H23N3O4. The molecule has 122 valence electrons. The fourth-order valence-corrected chi connectivity index (χ4v) is 1.32. The second-order valence-corrected chi connectivity index (χ2v) is 6.92. The lowest BCUT2D eigenvalue weighted by molar-refractivity contribution is -0.123. The van der Waals surface area contributed by atoms with Crippen LogP contribution in [0.2, 0.25) is 0 Å². The van der Waals surface area contributed by atoms with E-state index in [1.54, 1.807) is 20.8 Å². The summed E-state index contributed by atoms with van der Waals surface area (Å²) in [5.41, 5.74) is -0.930. The number of rotatable bonds is 2. The third kappa shape index (κ3) is 4.68. The van der Waals surface area contributed by atoms with Crippen molar-refractivity contribution >= 4 is 17.9 Å². The summed E-state index contributed by atoms with van der Waals surface area (Å²) in [6.07, 6.45) is 0.446. The van der Waals surface area contributed by atoms with E-state index in [-0.39, 0.29) is 22.9 Å². The molecule has 1 rings (SSSR count). The number of anilines is 1. The summed E-state index contributed by atoms with van der Waals surface area (Å²) in [5.74, 6) is 0.456. The van der Waals surface area contributed by atoms with Gasteiger partial charge in [-0.05, 0) is 0 Å². The molecule has 1 aromatic rings. The van der Waals surface area contributed by atoms with Crippen molar-refractivity contribution in [3.05, 3.63) is 12.0 Å². The van der Waals surface area contributed by atoms with E-state index in [4.69, 9.17) is 4.74 Å². The molecule has 0 fully saturated rings. The number of ether oxygens (including phenoxy) is 2. The Bertz CT molecular complexity index is 571. The van der Waals surface area contributed by atoms with E-state index in [0.717, 1.165) is 0 Å². The average Bonchev–Trinajstić information content (AvgIpc) is 2.38. The van der Waals surface area contributed by atoms with E-state index in [9.17, 15) is 9.59 Å². The Hall–Kier alpha value is -2.18. The van der Waals surface area contributed by atoms with Crippen LogP contribution in [-0.4, -0.2) is 29.1 Å². The summed E-state index contributed by atoms with van der Waals surface area (Å²) in [7, 11) is 1.19. The third-order valence-electron chi connectivity index (χ3n) is 2.70. The fraction of sp³-hybridized carbons (Fsp3) is 0.600. The number of nitrogens with one attached hydrogen (secondary N) is 1. The predicted molar refractivity (Wildman–Crippen MR) is 81.8 cm³/mol. The summed E-state index contributed by atoms with van der Waals surface area (Å²) in [6, 6.07) is 0. The zero-order valence-electron chi connectivity index (χ0n) is 14.1. The largest absolute Gasteiger partial charge is 0.513 e. The van der Waals surface area contributed by atoms with E-state index in [1.165, 1.54) is 13.3 Å². The summed E-state index contributed by atoms with van der Waals surface area (Å²) >= 11 is 0. The van der Waals surface area contributed by atoms with Crippen molar-refractivity contribution < 1.29 is 19.1 Å². The summed E-state index contributed by atoms with van der Waals surface area (Å²) in [6.45, 7) is 11.1. The highest BCUT2D eigenvalue weighted by Crippen LogP contribution is 2.28. The van der Waals surface area contributed by atoms with Gasteiger partial charge in [-0.3, -0.25) is 4.79 Å². The van der Waals surface area contributed by atoms with Gasteiger partial charge in [0.25, 0.3) is 0 Å². The van der Waals surface area contributed by atoms with Crippen molar-refractivity contribution in [2.45, 2.75) is 47.0 Å². The van der Waals surface area contributed by atoms with Crippen LogP contribution in [0.15, 0.2) is 6.20 Å². The molecule has 1 heterocycles. The Morgan fingerprint density at radius 3 is 2.18 bits per heavy atom. The highest BCUT2D eigenvalue weighted by atomic mass is 16.7. The number of hydrogen-bond acceptors (Lipinski definition) is 6. The first-order chi connectivity index (χ1) is 9.95. The molecule has 7 nitrogen and oxygen atoms in total. The molecule has 0 bridgehead atoms. The van der Waals surface area contributed by atoms with Crippen molar-refractivity contribution in [1.29, 1.82) is 0 Å². The van der Waals surface area contributed by atoms with E-state index in [1.807, 2.05) is 20.8 Å². The first-order valence-electron chi connectivity index (χ1n) is 6.90. The van der Waals surface area contributed by atoms with E-state index < -0.39 is 11.6 Å². The molecule has 0 aliphatic rings. The molecule has 0 aromatic carbocycles. The Kier molecular flexibility index (Phi) is 5.11. The molecule has 22 heavy (non-hydrogen) atoms. The van der Waals surface area contributed by atoms with Crippen LogP contribution in [0.4, 0.5) is 10.6 Å². The van der Waals surface area contributed by atoms with Gasteiger partial charge in [0.15, 0.2) is 11.6 Å². The molecule has 0 unspecified atom stereocenters. The van der Waals surface area contributed by atoms with Gasteiger partial charge in [0.2, 0.25) is 5.91 Å². The van der Waals surface area contributed by atoms with Gasteiger partial charge in [-0.15, -0.1) is 0 Å². The van der Waals surface area contributed by atoms with Crippen LogP contribution >= 0.6 is 0 Å². The van der Waals surface area contributed by atoms with Gasteiger partial charge >= 0.3 is 6.16 Å². The lowest BCUT2D eigenvalue weighted by atomic mass is 9.95. The Balaban J connectivity index is 3.22. The Labute approximate surface area is 130 Å². The maximum atomic E-state index is 12.2. The van der Waals surface area contributed by atoms with Crippen LogP contribution in [0.25, 0.3) is 0 Å². The first kappa shape index (κ1) is 17.9. The fourth-order valence-electron chi connectivity index (χ4n) is 1.32. The van der Waals surface area contributed by atoms with Gasteiger partial charge in [0.1, 0.15) is 5.82 Å². The average molecular weight is 309 g/mol. The van der Waals surface area contributed by atoms with Gasteiger partial charge in [-0.1, -0.05) is 41.5 Å². The maximum Gasteiger partial charge on any atom is 0.513 e. The second-order valence-electron chi connectivity index (χ2n) is 6.92. The highest BCUT2D eigenvalue weighted by molar-refractivity contribution is 5.95. The molecule has 7 heteroatoms. The molecule has 1 amide bonds. The topological polar surface area (TPSA) is 90.4 Å². The minimum Gasteiger partial charge on any atom is -0.437 e. The van der Waals surface area contributed by atoms with E-state index in [0.29, 0.717) is 5.82 Å². The number of carbonyl (C=O) groups excluding carboxylic acids is 2. The van der Waals surface area contributed by atoms with E-state index >= 15 is 0 Å². The van der Waals surface area contributed by atoms with Crippen LogP contribution < -0.4 is 10.1 Å². The standard InChI is InChI=1S/C15H23N3O4/c1-14(2,3)11-16-8-9(22-13(20)21-7)10(17-11)18-12(19)15(4,5)6/h8H,1-7H3,(H,16,17,18,19). The van der Waals surface area contributed by atoms with Gasteiger partial charge in [0.05, 0.1) is 13.3 Å². The lowest BCUT2D eigenvalue weighted by Gasteiger charge is -2.21. The Morgan fingerprint density at radius 1 is 1.14 bits per heavy atom.